The molecule has 26 heavy (non-hydrogen) atoms. The zero-order chi connectivity index (χ0) is 18.5. The number of benzene rings is 2. The highest BCUT2D eigenvalue weighted by atomic mass is 16.2. The maximum atomic E-state index is 12.5. The van der Waals surface area contributed by atoms with Gasteiger partial charge in [-0.1, -0.05) is 50.2 Å². The van der Waals surface area contributed by atoms with Gasteiger partial charge < -0.3 is 0 Å². The van der Waals surface area contributed by atoms with E-state index in [1.165, 1.54) is 11.9 Å². The lowest BCUT2D eigenvalue weighted by atomic mass is 9.96. The number of nitrogens with one attached hydrogen (secondary N) is 2. The number of fused-ring (bicyclic) bond motifs is 1. The van der Waals surface area contributed by atoms with Crippen LogP contribution in [0.1, 0.15) is 37.8 Å². The Labute approximate surface area is 153 Å². The molecule has 0 fully saturated rings. The average Bonchev–Trinajstić information content (AvgIpc) is 2.65. The van der Waals surface area contributed by atoms with E-state index in [2.05, 4.69) is 46.8 Å². The molecule has 1 amide bonds. The molecule has 134 valence electrons. The Morgan fingerprint density at radius 2 is 1.73 bits per heavy atom. The van der Waals surface area contributed by atoms with E-state index in [4.69, 9.17) is 0 Å². The van der Waals surface area contributed by atoms with Crippen molar-refractivity contribution < 1.29 is 4.79 Å². The summed E-state index contributed by atoms with van der Waals surface area (Å²) < 4.78 is 0. The fourth-order valence-corrected chi connectivity index (χ4v) is 2.90. The normalized spacial score (nSPS) is 12.2. The molecule has 5 nitrogen and oxygen atoms in total. The fraction of sp³-hybridized carbons (Fsp3) is 0.286. The summed E-state index contributed by atoms with van der Waals surface area (Å²) in [6.45, 7) is 6.30. The fourth-order valence-electron chi connectivity index (χ4n) is 2.90. The van der Waals surface area contributed by atoms with Crippen molar-refractivity contribution >= 4 is 22.6 Å². The minimum absolute atomic E-state index is 0.107. The average molecular weight is 348 g/mol. The molecular weight excluding hydrogens is 324 g/mol. The summed E-state index contributed by atoms with van der Waals surface area (Å²) in [5.41, 5.74) is 8.79. The quantitative estimate of drug-likeness (QED) is 0.659. The predicted molar refractivity (Wildman–Crippen MR) is 105 cm³/mol. The third-order valence-corrected chi connectivity index (χ3v) is 4.36. The van der Waals surface area contributed by atoms with Crippen LogP contribution < -0.4 is 10.9 Å². The Morgan fingerprint density at radius 3 is 2.46 bits per heavy atom. The molecule has 0 bridgehead atoms. The molecule has 5 heteroatoms. The molecule has 0 spiro atoms. The number of para-hydroxylation sites is 1. The van der Waals surface area contributed by atoms with E-state index in [0.29, 0.717) is 11.7 Å². The van der Waals surface area contributed by atoms with Crippen molar-refractivity contribution in [3.05, 3.63) is 66.0 Å². The Kier molecular flexibility index (Phi) is 5.46. The number of nitrogens with zero attached hydrogens (tertiary/aromatic N) is 2. The molecule has 3 aromatic rings. The second-order valence-electron chi connectivity index (χ2n) is 6.91. The van der Waals surface area contributed by atoms with Crippen LogP contribution in [-0.4, -0.2) is 15.9 Å². The summed E-state index contributed by atoms with van der Waals surface area (Å²) in [7, 11) is 0. The standard InChI is InChI=1S/C21H24N4O/c1-14(2)12-16-8-10-17(11-9-16)15(3)21(26)25-24-20-18-6-4-5-7-19(18)22-13-23-20/h4-11,13-15H,12H2,1-3H3,(H,25,26)(H,22,23,24)/t15-/m0/s1. The summed E-state index contributed by atoms with van der Waals surface area (Å²) in [5, 5.41) is 0.862. The third-order valence-electron chi connectivity index (χ3n) is 4.36. The van der Waals surface area contributed by atoms with Crippen LogP contribution in [0, 0.1) is 5.92 Å². The van der Waals surface area contributed by atoms with E-state index in [1.54, 1.807) is 0 Å². The van der Waals surface area contributed by atoms with E-state index in [9.17, 15) is 4.79 Å². The monoisotopic (exact) mass is 348 g/mol. The van der Waals surface area contributed by atoms with Gasteiger partial charge in [0.1, 0.15) is 6.33 Å². The number of hydrogen-bond acceptors (Lipinski definition) is 4. The first-order valence-electron chi connectivity index (χ1n) is 8.89. The van der Waals surface area contributed by atoms with Gasteiger partial charge in [0.05, 0.1) is 11.4 Å². The SMILES string of the molecule is CC(C)Cc1ccc([C@H](C)C(=O)NNc2ncnc3ccccc23)cc1. The summed E-state index contributed by atoms with van der Waals surface area (Å²) in [6.07, 6.45) is 2.52. The van der Waals surface area contributed by atoms with Gasteiger partial charge >= 0.3 is 0 Å². The van der Waals surface area contributed by atoms with E-state index < -0.39 is 0 Å². The molecule has 1 atom stereocenters. The first kappa shape index (κ1) is 17.9. The number of anilines is 1. The summed E-state index contributed by atoms with van der Waals surface area (Å²) in [5.74, 6) is 0.838. The molecule has 0 aliphatic heterocycles. The van der Waals surface area contributed by atoms with Crippen LogP contribution in [0.25, 0.3) is 10.9 Å². The van der Waals surface area contributed by atoms with Gasteiger partial charge in [0.2, 0.25) is 5.91 Å². The maximum absolute atomic E-state index is 12.5. The molecule has 1 heterocycles. The molecule has 3 rings (SSSR count). The molecule has 0 unspecified atom stereocenters. The van der Waals surface area contributed by atoms with Gasteiger partial charge in [0, 0.05) is 5.39 Å². The molecule has 0 aliphatic rings. The Balaban J connectivity index is 1.65. The molecule has 2 N–H and O–H groups in total. The van der Waals surface area contributed by atoms with E-state index in [0.717, 1.165) is 22.9 Å². The van der Waals surface area contributed by atoms with Crippen LogP contribution in [0.3, 0.4) is 0 Å². The smallest absolute Gasteiger partial charge is 0.245 e. The Hall–Kier alpha value is -2.95. The van der Waals surface area contributed by atoms with Crippen LogP contribution in [0.2, 0.25) is 0 Å². The molecule has 0 aliphatic carbocycles. The molecule has 0 saturated heterocycles. The first-order chi connectivity index (χ1) is 12.5. The van der Waals surface area contributed by atoms with Gasteiger partial charge in [0.25, 0.3) is 0 Å². The van der Waals surface area contributed by atoms with Gasteiger partial charge in [0.15, 0.2) is 5.82 Å². The van der Waals surface area contributed by atoms with E-state index in [-0.39, 0.29) is 11.8 Å². The number of carbonyl (C=O) groups is 1. The van der Waals surface area contributed by atoms with Crippen LogP contribution in [0.5, 0.6) is 0 Å². The number of rotatable bonds is 6. The summed E-state index contributed by atoms with van der Waals surface area (Å²) in [6, 6.07) is 15.9. The zero-order valence-corrected chi connectivity index (χ0v) is 15.4. The second-order valence-corrected chi connectivity index (χ2v) is 6.91. The van der Waals surface area contributed by atoms with Gasteiger partial charge in [-0.3, -0.25) is 15.6 Å². The zero-order valence-electron chi connectivity index (χ0n) is 15.4. The van der Waals surface area contributed by atoms with Gasteiger partial charge in [-0.15, -0.1) is 0 Å². The second kappa shape index (κ2) is 7.95. The topological polar surface area (TPSA) is 66.9 Å². The van der Waals surface area contributed by atoms with Crippen molar-refractivity contribution in [1.82, 2.24) is 15.4 Å². The Bertz CT molecular complexity index is 885. The lowest BCUT2D eigenvalue weighted by Gasteiger charge is -2.15. The number of carbonyl (C=O) groups excluding carboxylic acids is 1. The van der Waals surface area contributed by atoms with Crippen LogP contribution in [0.4, 0.5) is 5.82 Å². The van der Waals surface area contributed by atoms with Gasteiger partial charge in [-0.25, -0.2) is 9.97 Å². The highest BCUT2D eigenvalue weighted by Crippen LogP contribution is 2.19. The summed E-state index contributed by atoms with van der Waals surface area (Å²) >= 11 is 0. The predicted octanol–water partition coefficient (Wildman–Crippen LogP) is 4.08. The van der Waals surface area contributed by atoms with Crippen LogP contribution in [0.15, 0.2) is 54.9 Å². The van der Waals surface area contributed by atoms with Crippen molar-refractivity contribution in [1.29, 1.82) is 0 Å². The third kappa shape index (κ3) is 4.17. The maximum Gasteiger partial charge on any atom is 0.245 e. The number of hydrazine groups is 1. The van der Waals surface area contributed by atoms with Crippen molar-refractivity contribution in [2.45, 2.75) is 33.1 Å². The van der Waals surface area contributed by atoms with Gasteiger partial charge in [-0.2, -0.15) is 0 Å². The lowest BCUT2D eigenvalue weighted by Crippen LogP contribution is -2.33. The van der Waals surface area contributed by atoms with E-state index >= 15 is 0 Å². The molecule has 2 aromatic carbocycles. The van der Waals surface area contributed by atoms with Crippen LogP contribution in [-0.2, 0) is 11.2 Å². The minimum atomic E-state index is -0.260. The summed E-state index contributed by atoms with van der Waals surface area (Å²) in [4.78, 5) is 20.9. The van der Waals surface area contributed by atoms with Crippen molar-refractivity contribution in [2.75, 3.05) is 5.43 Å². The van der Waals surface area contributed by atoms with Crippen molar-refractivity contribution in [3.63, 3.8) is 0 Å². The van der Waals surface area contributed by atoms with Gasteiger partial charge in [-0.05, 0) is 42.5 Å². The van der Waals surface area contributed by atoms with E-state index in [1.807, 2.05) is 43.3 Å². The van der Waals surface area contributed by atoms with Crippen molar-refractivity contribution in [2.24, 2.45) is 5.92 Å². The Morgan fingerprint density at radius 1 is 1.00 bits per heavy atom. The minimum Gasteiger partial charge on any atom is -0.281 e. The molecule has 0 radical (unpaired) electrons. The molecule has 0 saturated carbocycles. The lowest BCUT2D eigenvalue weighted by molar-refractivity contribution is -0.121. The van der Waals surface area contributed by atoms with Crippen LogP contribution >= 0.6 is 0 Å². The van der Waals surface area contributed by atoms with Crippen molar-refractivity contribution in [3.8, 4) is 0 Å². The number of amides is 1. The highest BCUT2D eigenvalue weighted by Gasteiger charge is 2.15. The highest BCUT2D eigenvalue weighted by molar-refractivity contribution is 5.90. The largest absolute Gasteiger partial charge is 0.281 e. The number of aromatic nitrogens is 2. The molecular formula is C21H24N4O. The number of hydrogen-bond donors (Lipinski definition) is 2. The first-order valence-corrected chi connectivity index (χ1v) is 8.89. The molecule has 1 aromatic heterocycles.